The molecule has 0 aromatic carbocycles. The first-order valence-corrected chi connectivity index (χ1v) is 8.91. The number of nitrogens with one attached hydrogen (secondary N) is 1. The Labute approximate surface area is 144 Å². The second kappa shape index (κ2) is 6.89. The van der Waals surface area contributed by atoms with Gasteiger partial charge in [0.15, 0.2) is 0 Å². The number of likely N-dealkylation sites (tertiary alicyclic amines) is 1. The lowest BCUT2D eigenvalue weighted by Gasteiger charge is -2.36. The van der Waals surface area contributed by atoms with Crippen LogP contribution < -0.4 is 5.32 Å². The van der Waals surface area contributed by atoms with E-state index in [1.54, 1.807) is 20.8 Å². The van der Waals surface area contributed by atoms with E-state index in [9.17, 15) is 14.0 Å². The van der Waals surface area contributed by atoms with Crippen molar-refractivity contribution in [1.29, 1.82) is 0 Å². The van der Waals surface area contributed by atoms with Gasteiger partial charge in [0.1, 0.15) is 17.8 Å². The molecule has 6 heteroatoms. The zero-order valence-corrected chi connectivity index (χ0v) is 15.5. The molecule has 0 bridgehead atoms. The SMILES string of the molecule is CC1(C)CCC[C@H](NC(=O)[C@@H]2C[C@@H](F)CN2C(=O)OC(C)(C)C)C1. The Kier molecular flexibility index (Phi) is 5.45. The molecule has 1 aliphatic carbocycles. The summed E-state index contributed by atoms with van der Waals surface area (Å²) in [6.45, 7) is 9.59. The van der Waals surface area contributed by atoms with Crippen LogP contribution in [0.2, 0.25) is 0 Å². The van der Waals surface area contributed by atoms with Gasteiger partial charge in [0, 0.05) is 12.5 Å². The molecule has 1 saturated heterocycles. The van der Waals surface area contributed by atoms with Crippen LogP contribution in [0.1, 0.15) is 66.7 Å². The van der Waals surface area contributed by atoms with E-state index in [0.717, 1.165) is 25.7 Å². The van der Waals surface area contributed by atoms with Gasteiger partial charge >= 0.3 is 6.09 Å². The lowest BCUT2D eigenvalue weighted by atomic mass is 9.75. The molecule has 5 nitrogen and oxygen atoms in total. The molecule has 0 aromatic rings. The first kappa shape index (κ1) is 19.0. The molecular weight excluding hydrogens is 311 g/mol. The van der Waals surface area contributed by atoms with Crippen LogP contribution in [0.15, 0.2) is 0 Å². The van der Waals surface area contributed by atoms with E-state index in [-0.39, 0.29) is 30.3 Å². The standard InChI is InChI=1S/C18H31FN2O3/c1-17(2,3)24-16(23)21-11-12(19)9-14(21)15(22)20-13-7-6-8-18(4,5)10-13/h12-14H,6-11H2,1-5H3,(H,20,22)/t12-,13+,14+/m1/s1. The maximum atomic E-state index is 13.8. The van der Waals surface area contributed by atoms with E-state index in [1.165, 1.54) is 4.90 Å². The molecular formula is C18H31FN2O3. The summed E-state index contributed by atoms with van der Waals surface area (Å²) in [5.41, 5.74) is -0.459. The van der Waals surface area contributed by atoms with Gasteiger partial charge in [0.05, 0.1) is 6.54 Å². The summed E-state index contributed by atoms with van der Waals surface area (Å²) in [6, 6.07) is -0.680. The number of alkyl halides is 1. The Morgan fingerprint density at radius 1 is 1.29 bits per heavy atom. The van der Waals surface area contributed by atoms with Crippen molar-refractivity contribution in [3.63, 3.8) is 0 Å². The Hall–Kier alpha value is -1.33. The average molecular weight is 342 g/mol. The van der Waals surface area contributed by atoms with Crippen LogP contribution in [-0.4, -0.2) is 47.3 Å². The zero-order valence-electron chi connectivity index (χ0n) is 15.5. The Balaban J connectivity index is 1.99. The normalized spacial score (nSPS) is 30.1. The van der Waals surface area contributed by atoms with Gasteiger partial charge in [-0.25, -0.2) is 9.18 Å². The van der Waals surface area contributed by atoms with Gasteiger partial charge in [-0.05, 0) is 45.4 Å². The van der Waals surface area contributed by atoms with Gasteiger partial charge in [-0.15, -0.1) is 0 Å². The summed E-state index contributed by atoms with van der Waals surface area (Å²) < 4.78 is 19.2. The Bertz CT molecular complexity index is 487. The minimum Gasteiger partial charge on any atom is -0.444 e. The summed E-state index contributed by atoms with van der Waals surface area (Å²) in [5, 5.41) is 3.03. The zero-order chi connectivity index (χ0) is 18.1. The van der Waals surface area contributed by atoms with Crippen LogP contribution in [0, 0.1) is 5.41 Å². The number of rotatable bonds is 2. The fourth-order valence-electron chi connectivity index (χ4n) is 3.67. The molecule has 1 aliphatic heterocycles. The van der Waals surface area contributed by atoms with Crippen LogP contribution in [0.3, 0.4) is 0 Å². The number of amides is 2. The van der Waals surface area contributed by atoms with Crippen LogP contribution >= 0.6 is 0 Å². The monoisotopic (exact) mass is 342 g/mol. The number of ether oxygens (including phenoxy) is 1. The van der Waals surface area contributed by atoms with Gasteiger partial charge in [-0.3, -0.25) is 9.69 Å². The molecule has 24 heavy (non-hydrogen) atoms. The van der Waals surface area contributed by atoms with Gasteiger partial charge in [-0.2, -0.15) is 0 Å². The maximum absolute atomic E-state index is 13.8. The van der Waals surface area contributed by atoms with Crippen LogP contribution in [0.5, 0.6) is 0 Å². The molecule has 1 heterocycles. The number of carbonyl (C=O) groups excluding carboxylic acids is 2. The minimum atomic E-state index is -1.18. The van der Waals surface area contributed by atoms with Gasteiger partial charge in [0.2, 0.25) is 5.91 Å². The molecule has 138 valence electrons. The summed E-state index contributed by atoms with van der Waals surface area (Å²) in [5.74, 6) is -0.260. The van der Waals surface area contributed by atoms with Crippen molar-refractivity contribution in [3.05, 3.63) is 0 Å². The quantitative estimate of drug-likeness (QED) is 0.836. The molecule has 1 N–H and O–H groups in total. The third-order valence-electron chi connectivity index (χ3n) is 4.73. The van der Waals surface area contributed by atoms with E-state index in [4.69, 9.17) is 4.74 Å². The topological polar surface area (TPSA) is 58.6 Å². The molecule has 2 fully saturated rings. The van der Waals surface area contributed by atoms with Crippen molar-refractivity contribution in [2.45, 2.75) is 90.6 Å². The second-order valence-corrected chi connectivity index (χ2v) is 8.95. The molecule has 2 rings (SSSR count). The van der Waals surface area contributed by atoms with E-state index in [2.05, 4.69) is 19.2 Å². The minimum absolute atomic E-state index is 0.0428. The van der Waals surface area contributed by atoms with Crippen molar-refractivity contribution >= 4 is 12.0 Å². The number of carbonyl (C=O) groups is 2. The Morgan fingerprint density at radius 3 is 2.54 bits per heavy atom. The van der Waals surface area contributed by atoms with Crippen molar-refractivity contribution in [1.82, 2.24) is 10.2 Å². The second-order valence-electron chi connectivity index (χ2n) is 8.95. The smallest absolute Gasteiger partial charge is 0.411 e. The van der Waals surface area contributed by atoms with Crippen molar-refractivity contribution < 1.29 is 18.7 Å². The van der Waals surface area contributed by atoms with E-state index >= 15 is 0 Å². The molecule has 3 atom stereocenters. The molecule has 2 amide bonds. The number of halogens is 1. The van der Waals surface area contributed by atoms with E-state index < -0.39 is 23.9 Å². The highest BCUT2D eigenvalue weighted by molar-refractivity contribution is 5.86. The van der Waals surface area contributed by atoms with Crippen LogP contribution in [0.4, 0.5) is 9.18 Å². The molecule has 0 aromatic heterocycles. The van der Waals surface area contributed by atoms with Gasteiger partial charge in [-0.1, -0.05) is 20.3 Å². The van der Waals surface area contributed by atoms with E-state index in [1.807, 2.05) is 0 Å². The average Bonchev–Trinajstić information content (AvgIpc) is 2.78. The first-order valence-electron chi connectivity index (χ1n) is 8.91. The highest BCUT2D eigenvalue weighted by Crippen LogP contribution is 2.35. The number of hydrogen-bond acceptors (Lipinski definition) is 3. The third-order valence-corrected chi connectivity index (χ3v) is 4.73. The molecule has 2 aliphatic rings. The van der Waals surface area contributed by atoms with Crippen molar-refractivity contribution in [2.75, 3.05) is 6.54 Å². The first-order chi connectivity index (χ1) is 11.0. The largest absolute Gasteiger partial charge is 0.444 e. The van der Waals surface area contributed by atoms with Gasteiger partial charge < -0.3 is 10.1 Å². The third kappa shape index (κ3) is 5.08. The lowest BCUT2D eigenvalue weighted by Crippen LogP contribution is -2.51. The van der Waals surface area contributed by atoms with Gasteiger partial charge in [0.25, 0.3) is 0 Å². The fraction of sp³-hybridized carbons (Fsp3) is 0.889. The highest BCUT2D eigenvalue weighted by atomic mass is 19.1. The van der Waals surface area contributed by atoms with Crippen molar-refractivity contribution in [3.8, 4) is 0 Å². The molecule has 1 saturated carbocycles. The maximum Gasteiger partial charge on any atom is 0.411 e. The fourth-order valence-corrected chi connectivity index (χ4v) is 3.67. The highest BCUT2D eigenvalue weighted by Gasteiger charge is 2.42. The number of hydrogen-bond donors (Lipinski definition) is 1. The molecule has 0 unspecified atom stereocenters. The van der Waals surface area contributed by atoms with Crippen LogP contribution in [-0.2, 0) is 9.53 Å². The summed E-state index contributed by atoms with van der Waals surface area (Å²) in [7, 11) is 0. The Morgan fingerprint density at radius 2 is 1.96 bits per heavy atom. The summed E-state index contributed by atoms with van der Waals surface area (Å²) in [6.07, 6.45) is 2.32. The van der Waals surface area contributed by atoms with Crippen LogP contribution in [0.25, 0.3) is 0 Å². The van der Waals surface area contributed by atoms with E-state index in [0.29, 0.717) is 0 Å². The summed E-state index contributed by atoms with van der Waals surface area (Å²) in [4.78, 5) is 26.1. The number of nitrogens with zero attached hydrogens (tertiary/aromatic N) is 1. The molecule has 0 radical (unpaired) electrons. The summed E-state index contributed by atoms with van der Waals surface area (Å²) >= 11 is 0. The predicted octanol–water partition coefficient (Wildman–Crippen LogP) is 3.42. The molecule has 0 spiro atoms. The lowest BCUT2D eigenvalue weighted by molar-refractivity contribution is -0.126. The van der Waals surface area contributed by atoms with Crippen molar-refractivity contribution in [2.24, 2.45) is 5.41 Å². The predicted molar refractivity (Wildman–Crippen MR) is 90.4 cm³/mol.